The number of carbonyl (C=O) groups is 1. The van der Waals surface area contributed by atoms with Crippen molar-refractivity contribution in [2.24, 2.45) is 4.99 Å². The number of hydrogen-bond acceptors (Lipinski definition) is 6. The van der Waals surface area contributed by atoms with Crippen LogP contribution in [0.15, 0.2) is 75.2 Å². The molecule has 0 spiro atoms. The highest BCUT2D eigenvalue weighted by Gasteiger charge is 2.33. The molecule has 3 aromatic heterocycles. The van der Waals surface area contributed by atoms with Gasteiger partial charge in [-0.05, 0) is 49.9 Å². The summed E-state index contributed by atoms with van der Waals surface area (Å²) >= 11 is 2.85. The molecule has 0 unspecified atom stereocenters. The van der Waals surface area contributed by atoms with Gasteiger partial charge in [0, 0.05) is 28.9 Å². The van der Waals surface area contributed by atoms with Crippen molar-refractivity contribution in [1.82, 2.24) is 14.3 Å². The lowest BCUT2D eigenvalue weighted by Gasteiger charge is -2.24. The summed E-state index contributed by atoms with van der Waals surface area (Å²) in [5, 5.41) is 9.27. The number of thiophene rings is 1. The molecule has 7 nitrogen and oxygen atoms in total. The summed E-state index contributed by atoms with van der Waals surface area (Å²) in [5.41, 5.74) is 3.48. The summed E-state index contributed by atoms with van der Waals surface area (Å²) in [6.07, 6.45) is 5.48. The fourth-order valence-electron chi connectivity index (χ4n) is 4.01. The summed E-state index contributed by atoms with van der Waals surface area (Å²) in [6, 6.07) is 11.0. The van der Waals surface area contributed by atoms with Crippen LogP contribution in [0.2, 0.25) is 0 Å². The van der Waals surface area contributed by atoms with Gasteiger partial charge >= 0.3 is 0 Å². The number of carbonyl (C=O) groups excluding carboxylic acids is 1. The fraction of sp³-hybridized carbons (Fsp3) is 0.200. The third kappa shape index (κ3) is 3.97. The summed E-state index contributed by atoms with van der Waals surface area (Å²) in [6.45, 7) is 6.54. The zero-order valence-corrected chi connectivity index (χ0v) is 20.6. The second-order valence-corrected chi connectivity index (χ2v) is 9.98. The Bertz CT molecular complexity index is 1590. The summed E-state index contributed by atoms with van der Waals surface area (Å²) in [4.78, 5) is 33.3. The van der Waals surface area contributed by atoms with E-state index in [0.29, 0.717) is 20.6 Å². The van der Waals surface area contributed by atoms with Gasteiger partial charge in [0.2, 0.25) is 0 Å². The lowest BCUT2D eigenvalue weighted by atomic mass is 10.0. The average molecular weight is 490 g/mol. The van der Waals surface area contributed by atoms with E-state index >= 15 is 0 Å². The number of anilines is 1. The minimum Gasteiger partial charge on any atom is -0.322 e. The Hall–Kier alpha value is -3.56. The molecule has 0 saturated heterocycles. The van der Waals surface area contributed by atoms with Crippen LogP contribution in [0, 0.1) is 6.92 Å². The average Bonchev–Trinajstić information content (AvgIpc) is 3.56. The van der Waals surface area contributed by atoms with Crippen LogP contribution in [-0.2, 0) is 11.3 Å². The largest absolute Gasteiger partial charge is 0.322 e. The number of aromatic nitrogens is 3. The van der Waals surface area contributed by atoms with Crippen molar-refractivity contribution in [3.05, 3.63) is 101 Å². The van der Waals surface area contributed by atoms with E-state index in [-0.39, 0.29) is 11.5 Å². The first kappa shape index (κ1) is 22.2. The number of rotatable bonds is 5. The van der Waals surface area contributed by atoms with Gasteiger partial charge in [0.05, 0.1) is 22.0 Å². The maximum absolute atomic E-state index is 13.6. The van der Waals surface area contributed by atoms with Crippen LogP contribution in [0.1, 0.15) is 35.9 Å². The lowest BCUT2D eigenvalue weighted by Crippen LogP contribution is -2.40. The molecule has 0 bridgehead atoms. The van der Waals surface area contributed by atoms with Gasteiger partial charge < -0.3 is 5.32 Å². The summed E-state index contributed by atoms with van der Waals surface area (Å²) in [7, 11) is 0. The Labute approximate surface area is 204 Å². The van der Waals surface area contributed by atoms with Gasteiger partial charge in [-0.2, -0.15) is 5.10 Å². The van der Waals surface area contributed by atoms with Gasteiger partial charge in [-0.15, -0.1) is 11.3 Å². The molecular formula is C25H23N5O2S2. The molecule has 5 rings (SSSR count). The van der Waals surface area contributed by atoms with E-state index < -0.39 is 6.04 Å². The Morgan fingerprint density at radius 3 is 2.74 bits per heavy atom. The maximum atomic E-state index is 13.6. The normalized spacial score (nSPS) is 15.9. The van der Waals surface area contributed by atoms with Gasteiger partial charge in [-0.3, -0.25) is 18.8 Å². The number of aryl methyl sites for hydroxylation is 2. The number of amides is 1. The molecule has 4 aromatic rings. The van der Waals surface area contributed by atoms with Crippen molar-refractivity contribution in [2.45, 2.75) is 33.4 Å². The third-order valence-electron chi connectivity index (χ3n) is 5.75. The minimum atomic E-state index is -0.541. The minimum absolute atomic E-state index is 0.167. The molecule has 172 valence electrons. The monoisotopic (exact) mass is 489 g/mol. The van der Waals surface area contributed by atoms with E-state index in [1.54, 1.807) is 10.8 Å². The van der Waals surface area contributed by atoms with E-state index in [4.69, 9.17) is 0 Å². The van der Waals surface area contributed by atoms with Crippen LogP contribution in [0.5, 0.6) is 0 Å². The first-order chi connectivity index (χ1) is 16.5. The number of nitrogens with zero attached hydrogens (tertiary/aromatic N) is 4. The number of hydrogen-bond donors (Lipinski definition) is 1. The van der Waals surface area contributed by atoms with Crippen molar-refractivity contribution in [3.63, 3.8) is 0 Å². The van der Waals surface area contributed by atoms with E-state index in [0.717, 1.165) is 28.2 Å². The molecule has 1 N–H and O–H groups in total. The number of para-hydroxylation sites is 1. The highest BCUT2D eigenvalue weighted by molar-refractivity contribution is 7.10. The topological polar surface area (TPSA) is 81.3 Å². The Balaban J connectivity index is 1.64. The second-order valence-electron chi connectivity index (χ2n) is 8.00. The number of nitrogens with one attached hydrogen (secondary N) is 1. The van der Waals surface area contributed by atoms with Crippen LogP contribution >= 0.6 is 22.7 Å². The predicted octanol–water partition coefficient (Wildman–Crippen LogP) is 3.46. The number of thiazole rings is 1. The molecule has 1 aliphatic rings. The van der Waals surface area contributed by atoms with Crippen LogP contribution in [0.25, 0.3) is 6.08 Å². The van der Waals surface area contributed by atoms with Gasteiger partial charge in [0.15, 0.2) is 4.80 Å². The smallest absolute Gasteiger partial charge is 0.271 e. The standard InChI is InChI=1S/C25H23N5O2S2/c1-4-29-14-17(13-26-29)12-20-24(32)30-22(19-10-7-11-33-19)21(16(3)27-25(30)34-20)23(31)28-18-9-6-5-8-15(18)2/h5-14,22H,4H2,1-3H3,(H,28,31)/b20-12+/t22-/m0/s1. The fourth-order valence-corrected chi connectivity index (χ4v) is 5.88. The molecule has 1 aromatic carbocycles. The number of fused-ring (bicyclic) bond motifs is 1. The lowest BCUT2D eigenvalue weighted by molar-refractivity contribution is -0.113. The van der Waals surface area contributed by atoms with E-state index in [2.05, 4.69) is 15.4 Å². The van der Waals surface area contributed by atoms with Gasteiger partial charge in [-0.25, -0.2) is 4.99 Å². The highest BCUT2D eigenvalue weighted by Crippen LogP contribution is 2.33. The first-order valence-electron chi connectivity index (χ1n) is 10.9. The molecule has 1 atom stereocenters. The SMILES string of the molecule is CCn1cc(/C=c2/sc3n(c2=O)[C@@H](c2cccs2)C(C(=O)Nc2ccccc2C)=C(C)N=3)cn1. The Morgan fingerprint density at radius 2 is 2.03 bits per heavy atom. The molecule has 0 radical (unpaired) electrons. The van der Waals surface area contributed by atoms with Gasteiger partial charge in [0.25, 0.3) is 11.5 Å². The maximum Gasteiger partial charge on any atom is 0.271 e. The zero-order chi connectivity index (χ0) is 23.8. The second kappa shape index (κ2) is 9.00. The molecule has 1 aliphatic heterocycles. The third-order valence-corrected chi connectivity index (χ3v) is 7.65. The summed E-state index contributed by atoms with van der Waals surface area (Å²) < 4.78 is 4.02. The first-order valence-corrected chi connectivity index (χ1v) is 12.6. The molecule has 4 heterocycles. The molecule has 0 fully saturated rings. The van der Waals surface area contributed by atoms with Crippen LogP contribution in [0.3, 0.4) is 0 Å². The van der Waals surface area contributed by atoms with Crippen LogP contribution in [-0.4, -0.2) is 20.3 Å². The van der Waals surface area contributed by atoms with Crippen molar-refractivity contribution in [2.75, 3.05) is 5.32 Å². The quantitative estimate of drug-likeness (QED) is 0.466. The van der Waals surface area contributed by atoms with Crippen LogP contribution < -0.4 is 20.2 Å². The zero-order valence-electron chi connectivity index (χ0n) is 19.0. The van der Waals surface area contributed by atoms with Gasteiger partial charge in [-0.1, -0.05) is 35.6 Å². The predicted molar refractivity (Wildman–Crippen MR) is 136 cm³/mol. The van der Waals surface area contributed by atoms with Gasteiger partial charge in [0.1, 0.15) is 6.04 Å². The number of allylic oxidation sites excluding steroid dienone is 1. The van der Waals surface area contributed by atoms with E-state index in [1.165, 1.54) is 22.7 Å². The highest BCUT2D eigenvalue weighted by atomic mass is 32.1. The van der Waals surface area contributed by atoms with Crippen LogP contribution in [0.4, 0.5) is 5.69 Å². The molecule has 0 saturated carbocycles. The van der Waals surface area contributed by atoms with E-state index in [1.807, 2.05) is 79.5 Å². The van der Waals surface area contributed by atoms with Crippen molar-refractivity contribution < 1.29 is 4.79 Å². The molecule has 34 heavy (non-hydrogen) atoms. The van der Waals surface area contributed by atoms with E-state index in [9.17, 15) is 9.59 Å². The van der Waals surface area contributed by atoms with Crippen molar-refractivity contribution in [1.29, 1.82) is 0 Å². The molecule has 9 heteroatoms. The molecule has 1 amide bonds. The molecule has 0 aliphatic carbocycles. The Kier molecular flexibility index (Phi) is 5.89. The van der Waals surface area contributed by atoms with Crippen molar-refractivity contribution in [3.8, 4) is 0 Å². The summed E-state index contributed by atoms with van der Waals surface area (Å²) in [5.74, 6) is -0.257. The molecular weight excluding hydrogens is 466 g/mol. The number of benzene rings is 1. The Morgan fingerprint density at radius 1 is 1.21 bits per heavy atom. The van der Waals surface area contributed by atoms with Crippen molar-refractivity contribution >= 4 is 40.3 Å².